The van der Waals surface area contributed by atoms with Crippen LogP contribution in [0.3, 0.4) is 0 Å². The van der Waals surface area contributed by atoms with Crippen molar-refractivity contribution in [2.75, 3.05) is 24.2 Å². The molecule has 2 heterocycles. The number of unbranched alkanes of at least 4 members (excludes halogenated alkanes) is 2. The Bertz CT molecular complexity index is 660. The molecule has 0 atom stereocenters. The highest BCUT2D eigenvalue weighted by Crippen LogP contribution is 2.30. The molecule has 0 N–H and O–H groups in total. The number of nitrogens with zero attached hydrogens (tertiary/aromatic N) is 4. The van der Waals surface area contributed by atoms with Gasteiger partial charge in [0.1, 0.15) is 11.3 Å². The van der Waals surface area contributed by atoms with Crippen LogP contribution in [-0.4, -0.2) is 34.3 Å². The third-order valence-electron chi connectivity index (χ3n) is 3.65. The maximum Gasteiger partial charge on any atom is 0.189 e. The first-order valence-corrected chi connectivity index (χ1v) is 9.53. The van der Waals surface area contributed by atoms with Gasteiger partial charge in [-0.2, -0.15) is 0 Å². The van der Waals surface area contributed by atoms with Crippen LogP contribution in [0.1, 0.15) is 39.5 Å². The van der Waals surface area contributed by atoms with Crippen molar-refractivity contribution in [2.45, 2.75) is 44.7 Å². The van der Waals surface area contributed by atoms with Gasteiger partial charge in [-0.05, 0) is 19.1 Å². The monoisotopic (exact) mass is 356 g/mol. The first-order chi connectivity index (χ1) is 11.1. The normalized spacial score (nSPS) is 11.2. The third kappa shape index (κ3) is 4.23. The fourth-order valence-electron chi connectivity index (χ4n) is 2.35. The first kappa shape index (κ1) is 18.2. The second kappa shape index (κ2) is 8.64. The minimum atomic E-state index is -0.575. The van der Waals surface area contributed by atoms with E-state index in [1.54, 1.807) is 6.20 Å². The summed E-state index contributed by atoms with van der Waals surface area (Å²) in [5.74, 6) is 0.179. The van der Waals surface area contributed by atoms with Crippen LogP contribution in [0.25, 0.3) is 10.9 Å². The number of aromatic nitrogens is 3. The van der Waals surface area contributed by atoms with E-state index in [0.717, 1.165) is 44.6 Å². The smallest absolute Gasteiger partial charge is 0.189 e. The molecule has 0 aliphatic rings. The standard InChI is InChI=1S/C16H22ClFN4S/c1-4-6-8-22(9-7-5-2)15-11-10-19-14(17)12(18)13(11)20-16(21-15)23-3/h10H,4-9H2,1-3H3. The van der Waals surface area contributed by atoms with E-state index in [9.17, 15) is 4.39 Å². The zero-order valence-electron chi connectivity index (χ0n) is 13.8. The number of hydrogen-bond acceptors (Lipinski definition) is 5. The van der Waals surface area contributed by atoms with Crippen LogP contribution in [0.4, 0.5) is 10.2 Å². The predicted octanol–water partition coefficient (Wildman–Crippen LogP) is 4.95. The summed E-state index contributed by atoms with van der Waals surface area (Å²) in [4.78, 5) is 15.1. The molecular formula is C16H22ClFN4S. The van der Waals surface area contributed by atoms with Gasteiger partial charge in [0.25, 0.3) is 0 Å². The molecule has 23 heavy (non-hydrogen) atoms. The summed E-state index contributed by atoms with van der Waals surface area (Å²) in [5, 5.41) is 1.02. The van der Waals surface area contributed by atoms with Crippen LogP contribution >= 0.6 is 23.4 Å². The second-order valence-corrected chi connectivity index (χ2v) is 6.48. The van der Waals surface area contributed by atoms with E-state index in [4.69, 9.17) is 11.6 Å². The molecule has 0 amide bonds. The third-order valence-corrected chi connectivity index (χ3v) is 4.46. The fraction of sp³-hybridized carbons (Fsp3) is 0.562. The van der Waals surface area contributed by atoms with Crippen molar-refractivity contribution in [1.82, 2.24) is 15.0 Å². The van der Waals surface area contributed by atoms with E-state index >= 15 is 0 Å². The highest BCUT2D eigenvalue weighted by molar-refractivity contribution is 7.98. The van der Waals surface area contributed by atoms with E-state index in [2.05, 4.69) is 33.7 Å². The Hall–Kier alpha value is -1.14. The van der Waals surface area contributed by atoms with E-state index in [0.29, 0.717) is 10.5 Å². The summed E-state index contributed by atoms with van der Waals surface area (Å²) in [5.41, 5.74) is 0.248. The van der Waals surface area contributed by atoms with E-state index < -0.39 is 5.82 Å². The Kier molecular flexibility index (Phi) is 6.84. The minimum absolute atomic E-state index is 0.150. The molecule has 0 spiro atoms. The van der Waals surface area contributed by atoms with Crippen LogP contribution < -0.4 is 4.90 Å². The molecule has 0 fully saturated rings. The van der Waals surface area contributed by atoms with Crippen molar-refractivity contribution in [3.05, 3.63) is 17.2 Å². The van der Waals surface area contributed by atoms with E-state index in [1.807, 2.05) is 6.26 Å². The van der Waals surface area contributed by atoms with Crippen molar-refractivity contribution in [2.24, 2.45) is 0 Å². The molecule has 7 heteroatoms. The Morgan fingerprint density at radius 2 is 1.83 bits per heavy atom. The minimum Gasteiger partial charge on any atom is -0.356 e. The lowest BCUT2D eigenvalue weighted by Gasteiger charge is -2.25. The van der Waals surface area contributed by atoms with Gasteiger partial charge in [-0.25, -0.2) is 19.3 Å². The van der Waals surface area contributed by atoms with Gasteiger partial charge < -0.3 is 4.90 Å². The molecule has 0 aliphatic heterocycles. The summed E-state index contributed by atoms with van der Waals surface area (Å²) in [7, 11) is 0. The summed E-state index contributed by atoms with van der Waals surface area (Å²) in [6.45, 7) is 6.09. The van der Waals surface area contributed by atoms with Crippen molar-refractivity contribution in [1.29, 1.82) is 0 Å². The molecule has 0 radical (unpaired) electrons. The topological polar surface area (TPSA) is 41.9 Å². The molecule has 0 bridgehead atoms. The Morgan fingerprint density at radius 3 is 2.39 bits per heavy atom. The second-order valence-electron chi connectivity index (χ2n) is 5.35. The fourth-order valence-corrected chi connectivity index (χ4v) is 2.85. The average molecular weight is 357 g/mol. The zero-order chi connectivity index (χ0) is 16.8. The summed E-state index contributed by atoms with van der Waals surface area (Å²) in [6.07, 6.45) is 7.78. The number of anilines is 1. The number of thioether (sulfide) groups is 1. The number of rotatable bonds is 8. The lowest BCUT2D eigenvalue weighted by molar-refractivity contribution is 0.628. The van der Waals surface area contributed by atoms with Crippen molar-refractivity contribution in [3.8, 4) is 0 Å². The Morgan fingerprint density at radius 1 is 1.17 bits per heavy atom. The van der Waals surface area contributed by atoms with Gasteiger partial charge in [0.05, 0.1) is 5.39 Å². The molecule has 0 saturated heterocycles. The van der Waals surface area contributed by atoms with Crippen molar-refractivity contribution in [3.63, 3.8) is 0 Å². The summed E-state index contributed by atoms with van der Waals surface area (Å²) < 4.78 is 14.3. The number of halogens is 2. The number of hydrogen-bond donors (Lipinski definition) is 0. The van der Waals surface area contributed by atoms with Crippen molar-refractivity contribution < 1.29 is 4.39 Å². The molecule has 4 nitrogen and oxygen atoms in total. The van der Waals surface area contributed by atoms with Gasteiger partial charge in [-0.1, -0.05) is 50.1 Å². The van der Waals surface area contributed by atoms with Gasteiger partial charge in [-0.3, -0.25) is 0 Å². The van der Waals surface area contributed by atoms with Crippen molar-refractivity contribution >= 4 is 40.1 Å². The maximum absolute atomic E-state index is 14.3. The van der Waals surface area contributed by atoms with E-state index in [-0.39, 0.29) is 10.7 Å². The van der Waals surface area contributed by atoms with Crippen LogP contribution in [0.2, 0.25) is 5.15 Å². The number of fused-ring (bicyclic) bond motifs is 1. The summed E-state index contributed by atoms with van der Waals surface area (Å²) in [6, 6.07) is 0. The Labute approximate surface area is 145 Å². The lowest BCUT2D eigenvalue weighted by atomic mass is 10.2. The number of pyridine rings is 1. The maximum atomic E-state index is 14.3. The van der Waals surface area contributed by atoms with Gasteiger partial charge >= 0.3 is 0 Å². The van der Waals surface area contributed by atoms with Crippen LogP contribution in [0.5, 0.6) is 0 Å². The first-order valence-electron chi connectivity index (χ1n) is 7.93. The summed E-state index contributed by atoms with van der Waals surface area (Å²) >= 11 is 7.21. The molecule has 0 saturated carbocycles. The molecule has 2 rings (SSSR count). The van der Waals surface area contributed by atoms with Gasteiger partial charge in [0.15, 0.2) is 16.1 Å². The lowest BCUT2D eigenvalue weighted by Crippen LogP contribution is -2.27. The Balaban J connectivity index is 2.56. The largest absolute Gasteiger partial charge is 0.356 e. The molecule has 126 valence electrons. The highest BCUT2D eigenvalue weighted by Gasteiger charge is 2.18. The van der Waals surface area contributed by atoms with Crippen LogP contribution in [0, 0.1) is 5.82 Å². The van der Waals surface area contributed by atoms with Gasteiger partial charge in [-0.15, -0.1) is 0 Å². The van der Waals surface area contributed by atoms with Gasteiger partial charge in [0, 0.05) is 19.3 Å². The van der Waals surface area contributed by atoms with Crippen LogP contribution in [0.15, 0.2) is 11.4 Å². The molecule has 0 aromatic carbocycles. The molecule has 2 aromatic rings. The SMILES string of the molecule is CCCCN(CCCC)c1nc(SC)nc2c(F)c(Cl)ncc12. The van der Waals surface area contributed by atoms with Gasteiger partial charge in [0.2, 0.25) is 0 Å². The quantitative estimate of drug-likeness (QED) is 0.380. The van der Waals surface area contributed by atoms with E-state index in [1.165, 1.54) is 11.8 Å². The molecule has 2 aromatic heterocycles. The molecular weight excluding hydrogens is 335 g/mol. The predicted molar refractivity (Wildman–Crippen MR) is 96.1 cm³/mol. The zero-order valence-corrected chi connectivity index (χ0v) is 15.3. The molecule has 0 aliphatic carbocycles. The highest BCUT2D eigenvalue weighted by atomic mass is 35.5. The average Bonchev–Trinajstić information content (AvgIpc) is 2.57. The molecule has 0 unspecified atom stereocenters. The van der Waals surface area contributed by atoms with Crippen LogP contribution in [-0.2, 0) is 0 Å².